The van der Waals surface area contributed by atoms with Crippen LogP contribution in [-0.4, -0.2) is 10.4 Å². The van der Waals surface area contributed by atoms with Gasteiger partial charge >= 0.3 is 5.30 Å². The van der Waals surface area contributed by atoms with Gasteiger partial charge in [0, 0.05) is 0 Å². The molecule has 6 heavy (non-hydrogen) atoms. The van der Waals surface area contributed by atoms with Crippen molar-refractivity contribution in [2.75, 3.05) is 0 Å². The molecule has 4 nitrogen and oxygen atoms in total. The molecular formula is CH6N2O2S. The lowest BCUT2D eigenvalue weighted by atomic mass is 11.6. The first-order valence-electron chi connectivity index (χ1n) is 0.985. The van der Waals surface area contributed by atoms with Crippen LogP contribution in [0.1, 0.15) is 0 Å². The minimum Gasteiger partial charge on any atom is -0.473 e. The molecule has 5 N–H and O–H groups in total. The van der Waals surface area contributed by atoms with Gasteiger partial charge < -0.3 is 5.11 Å². The number of hydrazine groups is 1. The van der Waals surface area contributed by atoms with Crippen LogP contribution >= 0.6 is 12.6 Å². The number of nitrogens with two attached hydrogens (primary N) is 2. The fourth-order valence-corrected chi connectivity index (χ4v) is 0. The molecule has 0 aliphatic heterocycles. The quantitative estimate of drug-likeness (QED) is 0.191. The molecule has 0 aromatic rings. The van der Waals surface area contributed by atoms with E-state index in [-0.39, 0.29) is 0 Å². The van der Waals surface area contributed by atoms with Gasteiger partial charge in [0.2, 0.25) is 0 Å². The topological polar surface area (TPSA) is 89.3 Å². The molecular weight excluding hydrogens is 104 g/mol. The molecule has 38 valence electrons. The minimum absolute atomic E-state index is 1.14. The molecule has 0 rings (SSSR count). The lowest BCUT2D eigenvalue weighted by molar-refractivity contribution is 0.222. The number of rotatable bonds is 0. The maximum absolute atomic E-state index is 8.86. The molecule has 0 saturated carbocycles. The molecule has 5 heteroatoms. The molecule has 0 unspecified atom stereocenters. The van der Waals surface area contributed by atoms with Gasteiger partial charge in [-0.2, -0.15) is 0 Å². The van der Waals surface area contributed by atoms with Crippen LogP contribution < -0.4 is 11.7 Å². The number of hydrogen-bond donors (Lipinski definition) is 4. The highest BCUT2D eigenvalue weighted by molar-refractivity contribution is 7.96. The Bertz CT molecular complexity index is 34.5. The lowest BCUT2D eigenvalue weighted by Crippen LogP contribution is -2.02. The van der Waals surface area contributed by atoms with Crippen molar-refractivity contribution in [2.24, 2.45) is 11.7 Å². The summed E-state index contributed by atoms with van der Waals surface area (Å²) >= 11 is 2.88. The van der Waals surface area contributed by atoms with Crippen molar-refractivity contribution in [1.29, 1.82) is 0 Å². The van der Waals surface area contributed by atoms with Gasteiger partial charge in [0.05, 0.1) is 0 Å². The van der Waals surface area contributed by atoms with E-state index >= 15 is 0 Å². The van der Waals surface area contributed by atoms with Crippen LogP contribution in [0.25, 0.3) is 0 Å². The van der Waals surface area contributed by atoms with Gasteiger partial charge in [-0.25, -0.2) is 4.79 Å². The Morgan fingerprint density at radius 3 is 1.67 bits per heavy atom. The van der Waals surface area contributed by atoms with Crippen LogP contribution in [0, 0.1) is 0 Å². The Balaban J connectivity index is 0. The smallest absolute Gasteiger partial charge is 0.361 e. The predicted molar refractivity (Wildman–Crippen MR) is 25.4 cm³/mol. The Labute approximate surface area is 40.5 Å². The number of hydrogen-bond acceptors (Lipinski definition) is 3. The lowest BCUT2D eigenvalue weighted by Gasteiger charge is -1.58. The van der Waals surface area contributed by atoms with Crippen molar-refractivity contribution in [3.63, 3.8) is 0 Å². The molecule has 0 bridgehead atoms. The third-order valence-electron chi connectivity index (χ3n) is 0. The fourth-order valence-electron chi connectivity index (χ4n) is 0. The van der Waals surface area contributed by atoms with Gasteiger partial charge in [-0.3, -0.25) is 11.7 Å². The van der Waals surface area contributed by atoms with Gasteiger partial charge in [-0.05, 0) is 0 Å². The van der Waals surface area contributed by atoms with Crippen LogP contribution in [0.3, 0.4) is 0 Å². The summed E-state index contributed by atoms with van der Waals surface area (Å²) in [5, 5.41) is 6.14. The van der Waals surface area contributed by atoms with E-state index < -0.39 is 5.30 Å². The van der Waals surface area contributed by atoms with Gasteiger partial charge in [0.15, 0.2) is 0 Å². The first-order chi connectivity index (χ1) is 2.73. The van der Waals surface area contributed by atoms with Gasteiger partial charge in [-0.1, -0.05) is 12.6 Å². The van der Waals surface area contributed by atoms with Crippen LogP contribution in [0.2, 0.25) is 0 Å². The molecule has 0 saturated heterocycles. The normalized spacial score (nSPS) is 5.17. The second-order valence-corrected chi connectivity index (χ2v) is 0.665. The molecule has 0 fully saturated rings. The average Bonchev–Trinajstić information content (AvgIpc) is 1.41. The molecule has 0 aliphatic rings. The summed E-state index contributed by atoms with van der Waals surface area (Å²) in [6.45, 7) is 0. The second kappa shape index (κ2) is 8.83. The minimum atomic E-state index is -1.14. The van der Waals surface area contributed by atoms with Crippen LogP contribution in [0.4, 0.5) is 4.79 Å². The van der Waals surface area contributed by atoms with Gasteiger partial charge in [0.1, 0.15) is 0 Å². The molecule has 0 aliphatic carbocycles. The first kappa shape index (κ1) is 9.22. The van der Waals surface area contributed by atoms with Crippen molar-refractivity contribution >= 4 is 17.9 Å². The van der Waals surface area contributed by atoms with E-state index in [0.717, 1.165) is 0 Å². The molecule has 0 amide bonds. The van der Waals surface area contributed by atoms with Crippen LogP contribution in [-0.2, 0) is 0 Å². The van der Waals surface area contributed by atoms with Crippen molar-refractivity contribution < 1.29 is 9.90 Å². The number of thiol groups is 1. The molecule has 0 aromatic heterocycles. The monoisotopic (exact) mass is 110 g/mol. The summed E-state index contributed by atoms with van der Waals surface area (Å²) in [6.07, 6.45) is 0. The van der Waals surface area contributed by atoms with Crippen molar-refractivity contribution in [1.82, 2.24) is 0 Å². The highest BCUT2D eigenvalue weighted by atomic mass is 32.1. The zero-order valence-corrected chi connectivity index (χ0v) is 3.85. The Morgan fingerprint density at radius 1 is 1.67 bits per heavy atom. The van der Waals surface area contributed by atoms with E-state index in [4.69, 9.17) is 9.90 Å². The summed E-state index contributed by atoms with van der Waals surface area (Å²) in [4.78, 5) is 8.86. The average molecular weight is 110 g/mol. The Hall–Kier alpha value is -0.260. The second-order valence-electron chi connectivity index (χ2n) is 0.283. The zero-order valence-electron chi connectivity index (χ0n) is 2.96. The predicted octanol–water partition coefficient (Wildman–Crippen LogP) is -0.587. The van der Waals surface area contributed by atoms with Gasteiger partial charge in [-0.15, -0.1) is 0 Å². The first-order valence-corrected chi connectivity index (χ1v) is 1.43. The fraction of sp³-hybridized carbons (Fsp3) is 0. The summed E-state index contributed by atoms with van der Waals surface area (Å²) in [6, 6.07) is 0. The summed E-state index contributed by atoms with van der Waals surface area (Å²) < 4.78 is 0. The van der Waals surface area contributed by atoms with Crippen LogP contribution in [0.15, 0.2) is 0 Å². The third kappa shape index (κ3) is 415. The SMILES string of the molecule is NN.O=C(O)S. The largest absolute Gasteiger partial charge is 0.473 e. The van der Waals surface area contributed by atoms with Gasteiger partial charge in [0.25, 0.3) is 0 Å². The van der Waals surface area contributed by atoms with E-state index in [0.29, 0.717) is 0 Å². The van der Waals surface area contributed by atoms with Crippen molar-refractivity contribution in [3.05, 3.63) is 0 Å². The number of carbonyl (C=O) groups is 1. The molecule has 0 aromatic carbocycles. The highest BCUT2D eigenvalue weighted by Gasteiger charge is 1.67. The van der Waals surface area contributed by atoms with Crippen LogP contribution in [0.5, 0.6) is 0 Å². The molecule has 0 atom stereocenters. The number of carboxylic acid groups (broad SMARTS) is 1. The summed E-state index contributed by atoms with van der Waals surface area (Å²) in [7, 11) is 0. The molecule has 0 spiro atoms. The van der Waals surface area contributed by atoms with Crippen molar-refractivity contribution in [3.8, 4) is 0 Å². The standard InChI is InChI=1S/CH2O2S.H4N2/c2-1(3)4;1-2/h4H,(H,2,3);1-2H2. The Kier molecular flexibility index (Phi) is 13.6. The summed E-state index contributed by atoms with van der Waals surface area (Å²) in [5.41, 5.74) is 0. The van der Waals surface area contributed by atoms with E-state index in [9.17, 15) is 0 Å². The van der Waals surface area contributed by atoms with E-state index in [1.54, 1.807) is 0 Å². The van der Waals surface area contributed by atoms with E-state index in [1.165, 1.54) is 0 Å². The Morgan fingerprint density at radius 2 is 1.67 bits per heavy atom. The highest BCUT2D eigenvalue weighted by Crippen LogP contribution is 1.66. The zero-order chi connectivity index (χ0) is 5.58. The van der Waals surface area contributed by atoms with Crippen molar-refractivity contribution in [2.45, 2.75) is 0 Å². The van der Waals surface area contributed by atoms with E-state index in [1.807, 2.05) is 0 Å². The van der Waals surface area contributed by atoms with E-state index in [2.05, 4.69) is 24.3 Å². The maximum Gasteiger partial charge on any atom is 0.361 e. The summed E-state index contributed by atoms with van der Waals surface area (Å²) in [5.74, 6) is 8.00. The molecule has 0 radical (unpaired) electrons. The molecule has 0 heterocycles. The third-order valence-corrected chi connectivity index (χ3v) is 0. The maximum atomic E-state index is 8.86.